The Balaban J connectivity index is 3.42. The monoisotopic (exact) mass is 336 g/mol. The average Bonchev–Trinajstić information content (AvgIpc) is 2.05. The first-order valence-electron chi connectivity index (χ1n) is 4.48. The van der Waals surface area contributed by atoms with Crippen molar-refractivity contribution in [3.05, 3.63) is 0 Å². The number of rotatable bonds is 8. The van der Waals surface area contributed by atoms with Crippen LogP contribution in [0.1, 0.15) is 12.8 Å². The van der Waals surface area contributed by atoms with Gasteiger partial charge in [0.05, 0.1) is 0 Å². The molecule has 0 aromatic heterocycles. The molecule has 13 heavy (non-hydrogen) atoms. The molecule has 80 valence electrons. The van der Waals surface area contributed by atoms with Gasteiger partial charge in [-0.05, 0) is 0 Å². The van der Waals surface area contributed by atoms with Gasteiger partial charge in [0.2, 0.25) is 0 Å². The molecule has 0 aromatic carbocycles. The predicted molar refractivity (Wildman–Crippen MR) is 60.1 cm³/mol. The zero-order valence-corrected chi connectivity index (χ0v) is 12.7. The molecule has 0 aliphatic heterocycles. The van der Waals surface area contributed by atoms with Crippen molar-refractivity contribution in [2.75, 3.05) is 27.4 Å². The Hall–Kier alpha value is 1.30. The summed E-state index contributed by atoms with van der Waals surface area (Å²) in [4.78, 5) is 0. The standard InChI is InChI=1S/2C4H9O.2ClH.Sn/c2*1-3-4-5-2;;;/h2*1,3-4H2,2H3;2*1H;/q;;;;+2/p-2. The minimum absolute atomic E-state index is 0.766. The fourth-order valence-corrected chi connectivity index (χ4v) is 9.15. The molecular weight excluding hydrogens is 318 g/mol. The first kappa shape index (κ1) is 14.3. The summed E-state index contributed by atoms with van der Waals surface area (Å²) >= 11 is -2.70. The quantitative estimate of drug-likeness (QED) is 0.501. The van der Waals surface area contributed by atoms with Gasteiger partial charge in [-0.15, -0.1) is 0 Å². The normalized spacial score (nSPS) is 12.0. The average molecular weight is 336 g/mol. The summed E-state index contributed by atoms with van der Waals surface area (Å²) in [5.41, 5.74) is 0. The fourth-order valence-electron chi connectivity index (χ4n) is 1.08. The Morgan fingerprint density at radius 2 is 1.31 bits per heavy atom. The van der Waals surface area contributed by atoms with E-state index in [2.05, 4.69) is 0 Å². The van der Waals surface area contributed by atoms with Gasteiger partial charge in [0.25, 0.3) is 0 Å². The zero-order valence-electron chi connectivity index (χ0n) is 8.32. The van der Waals surface area contributed by atoms with E-state index in [1.807, 2.05) is 0 Å². The van der Waals surface area contributed by atoms with Crippen LogP contribution < -0.4 is 0 Å². The van der Waals surface area contributed by atoms with Crippen molar-refractivity contribution in [3.8, 4) is 0 Å². The third-order valence-electron chi connectivity index (χ3n) is 1.78. The summed E-state index contributed by atoms with van der Waals surface area (Å²) in [5.74, 6) is 0. The maximum atomic E-state index is 6.27. The van der Waals surface area contributed by atoms with Gasteiger partial charge in [-0.3, -0.25) is 0 Å². The fraction of sp³-hybridized carbons (Fsp3) is 1.00. The molecule has 0 unspecified atom stereocenters. The van der Waals surface area contributed by atoms with Crippen molar-refractivity contribution >= 4 is 34.0 Å². The molecule has 0 spiro atoms. The number of hydrogen-bond acceptors (Lipinski definition) is 2. The van der Waals surface area contributed by atoms with Gasteiger partial charge >= 0.3 is 92.6 Å². The minimum atomic E-state index is -2.70. The molecule has 2 nitrogen and oxygen atoms in total. The second-order valence-electron chi connectivity index (χ2n) is 3.05. The Labute approximate surface area is 92.2 Å². The van der Waals surface area contributed by atoms with Crippen LogP contribution in [-0.4, -0.2) is 43.6 Å². The first-order valence-corrected chi connectivity index (χ1v) is 15.7. The molecule has 0 N–H and O–H groups in total. The molecule has 0 amide bonds. The zero-order chi connectivity index (χ0) is 10.2. The molecule has 0 rings (SSSR count). The van der Waals surface area contributed by atoms with Crippen LogP contribution in [0.2, 0.25) is 8.87 Å². The van der Waals surface area contributed by atoms with Gasteiger partial charge in [-0.25, -0.2) is 0 Å². The third kappa shape index (κ3) is 9.60. The molecule has 0 aliphatic rings. The van der Waals surface area contributed by atoms with Crippen LogP contribution in [0.3, 0.4) is 0 Å². The Kier molecular flexibility index (Phi) is 9.45. The summed E-state index contributed by atoms with van der Waals surface area (Å²) in [6.07, 6.45) is 1.99. The van der Waals surface area contributed by atoms with Gasteiger partial charge in [-0.1, -0.05) is 0 Å². The van der Waals surface area contributed by atoms with Gasteiger partial charge in [0.15, 0.2) is 0 Å². The van der Waals surface area contributed by atoms with E-state index < -0.39 is 16.1 Å². The van der Waals surface area contributed by atoms with E-state index in [9.17, 15) is 0 Å². The Morgan fingerprint density at radius 3 is 1.62 bits per heavy atom. The van der Waals surface area contributed by atoms with Crippen LogP contribution >= 0.6 is 17.8 Å². The van der Waals surface area contributed by atoms with Crippen molar-refractivity contribution in [2.45, 2.75) is 21.7 Å². The molecule has 0 saturated carbocycles. The van der Waals surface area contributed by atoms with Gasteiger partial charge < -0.3 is 0 Å². The molecule has 0 bridgehead atoms. The predicted octanol–water partition coefficient (Wildman–Crippen LogP) is 2.98. The number of hydrogen-bond donors (Lipinski definition) is 0. The van der Waals surface area contributed by atoms with E-state index in [1.54, 1.807) is 14.2 Å². The molecule has 0 atom stereocenters. The number of methoxy groups -OCH3 is 2. The van der Waals surface area contributed by atoms with Crippen LogP contribution in [0, 0.1) is 0 Å². The van der Waals surface area contributed by atoms with E-state index in [4.69, 9.17) is 27.3 Å². The first-order chi connectivity index (χ1) is 6.12. The van der Waals surface area contributed by atoms with Crippen LogP contribution in [-0.2, 0) is 9.47 Å². The SMILES string of the molecule is COCC[CH2][Sn]([Cl])([Cl])[CH2]CCOC. The van der Waals surface area contributed by atoms with Crippen molar-refractivity contribution in [2.24, 2.45) is 0 Å². The topological polar surface area (TPSA) is 18.5 Å². The van der Waals surface area contributed by atoms with Crippen molar-refractivity contribution in [1.82, 2.24) is 0 Å². The number of halogens is 2. The summed E-state index contributed by atoms with van der Waals surface area (Å²) in [6.45, 7) is 1.53. The van der Waals surface area contributed by atoms with Crippen LogP contribution in [0.15, 0.2) is 0 Å². The molecular formula is C8H18Cl2O2Sn. The molecule has 0 radical (unpaired) electrons. The molecule has 0 aromatic rings. The molecule has 0 heterocycles. The van der Waals surface area contributed by atoms with Crippen molar-refractivity contribution < 1.29 is 9.47 Å². The van der Waals surface area contributed by atoms with Crippen molar-refractivity contribution in [1.29, 1.82) is 0 Å². The van der Waals surface area contributed by atoms with E-state index >= 15 is 0 Å². The second kappa shape index (κ2) is 8.59. The number of ether oxygens (including phenoxy) is 2. The van der Waals surface area contributed by atoms with E-state index in [1.165, 1.54) is 0 Å². The van der Waals surface area contributed by atoms with Crippen molar-refractivity contribution in [3.63, 3.8) is 0 Å². The van der Waals surface area contributed by atoms with Crippen LogP contribution in [0.4, 0.5) is 0 Å². The summed E-state index contributed by atoms with van der Waals surface area (Å²) in [6, 6.07) is 0. The van der Waals surface area contributed by atoms with Crippen LogP contribution in [0.25, 0.3) is 0 Å². The molecule has 0 fully saturated rings. The van der Waals surface area contributed by atoms with Crippen LogP contribution in [0.5, 0.6) is 0 Å². The Morgan fingerprint density at radius 1 is 0.923 bits per heavy atom. The Bertz CT molecular complexity index is 111. The third-order valence-corrected chi connectivity index (χ3v) is 13.0. The molecule has 0 saturated heterocycles. The van der Waals surface area contributed by atoms with E-state index in [0.29, 0.717) is 0 Å². The van der Waals surface area contributed by atoms with E-state index in [0.717, 1.165) is 34.9 Å². The van der Waals surface area contributed by atoms with Gasteiger partial charge in [0, 0.05) is 0 Å². The summed E-state index contributed by atoms with van der Waals surface area (Å²) in [5, 5.41) is 0. The van der Waals surface area contributed by atoms with Gasteiger partial charge in [0.1, 0.15) is 0 Å². The molecule has 5 heteroatoms. The summed E-state index contributed by atoms with van der Waals surface area (Å²) < 4.78 is 11.9. The second-order valence-corrected chi connectivity index (χ2v) is 21.8. The maximum absolute atomic E-state index is 6.27. The van der Waals surface area contributed by atoms with Gasteiger partial charge in [-0.2, -0.15) is 0 Å². The van der Waals surface area contributed by atoms with E-state index in [-0.39, 0.29) is 0 Å². The molecule has 0 aliphatic carbocycles. The summed E-state index contributed by atoms with van der Waals surface area (Å²) in [7, 11) is 15.9.